The summed E-state index contributed by atoms with van der Waals surface area (Å²) in [5.41, 5.74) is 2.80. The van der Waals surface area contributed by atoms with E-state index >= 15 is 0 Å². The van der Waals surface area contributed by atoms with Crippen LogP contribution < -0.4 is 5.32 Å². The Morgan fingerprint density at radius 2 is 2.11 bits per heavy atom. The Kier molecular flexibility index (Phi) is 6.24. The van der Waals surface area contributed by atoms with Gasteiger partial charge in [0.1, 0.15) is 6.07 Å². The Hall–Kier alpha value is -1.53. The van der Waals surface area contributed by atoms with E-state index in [-0.39, 0.29) is 0 Å². The van der Waals surface area contributed by atoms with E-state index in [1.165, 1.54) is 0 Å². The summed E-state index contributed by atoms with van der Waals surface area (Å²) in [6.07, 6.45) is 2.39. The third-order valence-corrected chi connectivity index (χ3v) is 2.72. The number of nitrogens with zero attached hydrogens (tertiary/aromatic N) is 1. The Bertz CT molecular complexity index is 407. The molecular weight excluding hydrogens is 224 g/mol. The van der Waals surface area contributed by atoms with Crippen LogP contribution in [-0.2, 0) is 4.74 Å². The highest BCUT2D eigenvalue weighted by atomic mass is 16.5. The number of nitrogens with one attached hydrogen (secondary N) is 1. The van der Waals surface area contributed by atoms with Gasteiger partial charge in [-0.05, 0) is 45.2 Å². The van der Waals surface area contributed by atoms with Gasteiger partial charge in [0.25, 0.3) is 0 Å². The molecule has 1 N–H and O–H groups in total. The number of benzene rings is 1. The third kappa shape index (κ3) is 4.77. The summed E-state index contributed by atoms with van der Waals surface area (Å²) < 4.78 is 5.48. The summed E-state index contributed by atoms with van der Waals surface area (Å²) in [5, 5.41) is 12.4. The van der Waals surface area contributed by atoms with Crippen molar-refractivity contribution >= 4 is 5.69 Å². The topological polar surface area (TPSA) is 45.0 Å². The molecule has 0 heterocycles. The van der Waals surface area contributed by atoms with Crippen molar-refractivity contribution < 1.29 is 4.74 Å². The first-order valence-corrected chi connectivity index (χ1v) is 6.50. The summed E-state index contributed by atoms with van der Waals surface area (Å²) in [5.74, 6) is 0. The minimum atomic E-state index is 0.305. The lowest BCUT2D eigenvalue weighted by Crippen LogP contribution is -2.08. The number of aryl methyl sites for hydroxylation is 1. The number of rotatable bonds is 7. The second-order valence-corrected chi connectivity index (χ2v) is 4.66. The van der Waals surface area contributed by atoms with Crippen molar-refractivity contribution in [2.24, 2.45) is 0 Å². The van der Waals surface area contributed by atoms with E-state index in [1.54, 1.807) is 0 Å². The number of ether oxygens (including phenoxy) is 1. The molecule has 0 fully saturated rings. The highest BCUT2D eigenvalue weighted by Gasteiger charge is 2.03. The smallest absolute Gasteiger partial charge is 0.101 e. The number of hydrogen-bond acceptors (Lipinski definition) is 3. The summed E-state index contributed by atoms with van der Waals surface area (Å²) in [6.45, 7) is 7.79. The van der Waals surface area contributed by atoms with E-state index in [0.717, 1.165) is 37.2 Å². The van der Waals surface area contributed by atoms with Crippen LogP contribution in [0.5, 0.6) is 0 Å². The second kappa shape index (κ2) is 7.73. The van der Waals surface area contributed by atoms with E-state index in [4.69, 9.17) is 10.00 Å². The van der Waals surface area contributed by atoms with Crippen molar-refractivity contribution in [2.45, 2.75) is 39.7 Å². The van der Waals surface area contributed by atoms with Crippen molar-refractivity contribution in [2.75, 3.05) is 18.5 Å². The first kappa shape index (κ1) is 14.5. The number of unbranched alkanes of at least 4 members (excludes halogenated alkanes) is 1. The first-order valence-electron chi connectivity index (χ1n) is 6.50. The number of anilines is 1. The van der Waals surface area contributed by atoms with Crippen LogP contribution in [0.25, 0.3) is 0 Å². The molecule has 0 aliphatic carbocycles. The van der Waals surface area contributed by atoms with Gasteiger partial charge in [0.05, 0.1) is 17.4 Å². The molecular formula is C15H22N2O. The lowest BCUT2D eigenvalue weighted by Gasteiger charge is -2.11. The average molecular weight is 246 g/mol. The Morgan fingerprint density at radius 3 is 2.78 bits per heavy atom. The fourth-order valence-corrected chi connectivity index (χ4v) is 1.76. The molecule has 0 unspecified atom stereocenters. The fourth-order valence-electron chi connectivity index (χ4n) is 1.76. The predicted octanol–water partition coefficient (Wildman–Crippen LogP) is 3.48. The second-order valence-electron chi connectivity index (χ2n) is 4.66. The maximum atomic E-state index is 9.03. The molecule has 1 aromatic rings. The molecule has 0 radical (unpaired) electrons. The zero-order chi connectivity index (χ0) is 13.4. The molecule has 3 heteroatoms. The predicted molar refractivity (Wildman–Crippen MR) is 74.7 cm³/mol. The summed E-state index contributed by atoms with van der Waals surface area (Å²) in [6, 6.07) is 7.99. The van der Waals surface area contributed by atoms with Crippen LogP contribution in [0.3, 0.4) is 0 Å². The molecule has 0 aliphatic rings. The van der Waals surface area contributed by atoms with Gasteiger partial charge in [0.2, 0.25) is 0 Å². The number of hydrogen-bond donors (Lipinski definition) is 1. The van der Waals surface area contributed by atoms with Gasteiger partial charge in [-0.1, -0.05) is 12.1 Å². The van der Waals surface area contributed by atoms with E-state index in [2.05, 4.69) is 11.4 Å². The molecule has 0 atom stereocenters. The molecule has 18 heavy (non-hydrogen) atoms. The van der Waals surface area contributed by atoms with Gasteiger partial charge in [-0.15, -0.1) is 0 Å². The molecule has 0 spiro atoms. The maximum absolute atomic E-state index is 9.03. The van der Waals surface area contributed by atoms with Gasteiger partial charge in [0, 0.05) is 13.2 Å². The van der Waals surface area contributed by atoms with Crippen LogP contribution in [0.2, 0.25) is 0 Å². The van der Waals surface area contributed by atoms with Crippen molar-refractivity contribution in [3.63, 3.8) is 0 Å². The molecule has 0 amide bonds. The third-order valence-electron chi connectivity index (χ3n) is 2.72. The zero-order valence-corrected chi connectivity index (χ0v) is 11.5. The van der Waals surface area contributed by atoms with Gasteiger partial charge in [-0.25, -0.2) is 0 Å². The summed E-state index contributed by atoms with van der Waals surface area (Å²) in [7, 11) is 0. The first-order chi connectivity index (χ1) is 8.65. The molecule has 0 bridgehead atoms. The van der Waals surface area contributed by atoms with Crippen LogP contribution in [0.4, 0.5) is 5.69 Å². The summed E-state index contributed by atoms with van der Waals surface area (Å²) >= 11 is 0. The van der Waals surface area contributed by atoms with Crippen molar-refractivity contribution in [1.29, 1.82) is 5.26 Å². The number of para-hydroxylation sites is 1. The van der Waals surface area contributed by atoms with Crippen LogP contribution in [-0.4, -0.2) is 19.3 Å². The highest BCUT2D eigenvalue weighted by Crippen LogP contribution is 2.19. The summed E-state index contributed by atoms with van der Waals surface area (Å²) in [4.78, 5) is 0. The van der Waals surface area contributed by atoms with Crippen molar-refractivity contribution in [3.8, 4) is 6.07 Å². The largest absolute Gasteiger partial charge is 0.384 e. The molecule has 0 aromatic heterocycles. The molecule has 0 aliphatic heterocycles. The quantitative estimate of drug-likeness (QED) is 0.749. The molecule has 98 valence electrons. The Morgan fingerprint density at radius 1 is 1.33 bits per heavy atom. The highest BCUT2D eigenvalue weighted by molar-refractivity contribution is 5.62. The van der Waals surface area contributed by atoms with Gasteiger partial charge >= 0.3 is 0 Å². The van der Waals surface area contributed by atoms with Gasteiger partial charge in [-0.2, -0.15) is 5.26 Å². The molecule has 3 nitrogen and oxygen atoms in total. The molecule has 1 aromatic carbocycles. The standard InChI is InChI=1S/C15H22N2O/c1-12(2)18-10-5-4-9-17-15-13(3)7-6-8-14(15)11-16/h6-8,12,17H,4-5,9-10H2,1-3H3. The van der Waals surface area contributed by atoms with Gasteiger partial charge in [-0.3, -0.25) is 0 Å². The van der Waals surface area contributed by atoms with Crippen LogP contribution in [0.1, 0.15) is 37.8 Å². The van der Waals surface area contributed by atoms with E-state index in [1.807, 2.05) is 39.0 Å². The van der Waals surface area contributed by atoms with E-state index < -0.39 is 0 Å². The van der Waals surface area contributed by atoms with Crippen LogP contribution >= 0.6 is 0 Å². The van der Waals surface area contributed by atoms with E-state index in [9.17, 15) is 0 Å². The zero-order valence-electron chi connectivity index (χ0n) is 11.5. The minimum Gasteiger partial charge on any atom is -0.384 e. The molecule has 1 rings (SSSR count). The number of nitriles is 1. The van der Waals surface area contributed by atoms with Crippen molar-refractivity contribution in [3.05, 3.63) is 29.3 Å². The lowest BCUT2D eigenvalue weighted by atomic mass is 10.1. The van der Waals surface area contributed by atoms with Crippen LogP contribution in [0.15, 0.2) is 18.2 Å². The molecule has 0 saturated carbocycles. The SMILES string of the molecule is Cc1cccc(C#N)c1NCCCCOC(C)C. The molecule has 0 saturated heterocycles. The van der Waals surface area contributed by atoms with E-state index in [0.29, 0.717) is 11.7 Å². The fraction of sp³-hybridized carbons (Fsp3) is 0.533. The average Bonchev–Trinajstić information content (AvgIpc) is 2.34. The van der Waals surface area contributed by atoms with Gasteiger partial charge in [0.15, 0.2) is 0 Å². The Labute approximate surface area is 110 Å². The van der Waals surface area contributed by atoms with Crippen LogP contribution in [0, 0.1) is 18.3 Å². The lowest BCUT2D eigenvalue weighted by molar-refractivity contribution is 0.0765. The monoisotopic (exact) mass is 246 g/mol. The minimum absolute atomic E-state index is 0.305. The Balaban J connectivity index is 2.34. The maximum Gasteiger partial charge on any atom is 0.101 e. The normalized spacial score (nSPS) is 10.4. The van der Waals surface area contributed by atoms with Gasteiger partial charge < -0.3 is 10.1 Å². The van der Waals surface area contributed by atoms with Crippen molar-refractivity contribution in [1.82, 2.24) is 0 Å².